The van der Waals surface area contributed by atoms with Gasteiger partial charge in [-0.2, -0.15) is 70.8 Å². The Morgan fingerprint density at radius 2 is 0.941 bits per heavy atom. The zero-order valence-electron chi connectivity index (χ0n) is 22.0. The summed E-state index contributed by atoms with van der Waals surface area (Å²) >= 11 is 2.82. The summed E-state index contributed by atoms with van der Waals surface area (Å²) < 4.78 is 0.693. The molecule has 0 radical (unpaired) electrons. The molecule has 0 unspecified atom stereocenters. The third-order valence-corrected chi connectivity index (χ3v) is 4.98. The summed E-state index contributed by atoms with van der Waals surface area (Å²) in [6.07, 6.45) is 4.78. The van der Waals surface area contributed by atoms with E-state index in [1.54, 1.807) is 12.4 Å². The normalized spacial score (nSPS) is 11.3. The number of nitrogens with zero attached hydrogens (tertiary/aromatic N) is 2. The van der Waals surface area contributed by atoms with Gasteiger partial charge in [-0.3, -0.25) is 0 Å². The number of benzene rings is 2. The van der Waals surface area contributed by atoms with Gasteiger partial charge in [-0.15, -0.1) is 12.4 Å². The molecule has 0 amide bonds. The number of halogens is 1. The summed E-state index contributed by atoms with van der Waals surface area (Å²) in [5.74, 6) is 2.35. The van der Waals surface area contributed by atoms with Gasteiger partial charge in [-0.05, 0) is 23.7 Å². The van der Waals surface area contributed by atoms with Crippen molar-refractivity contribution >= 4 is 29.1 Å². The van der Waals surface area contributed by atoms with E-state index in [-0.39, 0.29) is 12.4 Å². The molecule has 192 valence electrons. The average Bonchev–Trinajstić information content (AvgIpc) is 3.26. The van der Waals surface area contributed by atoms with E-state index in [0.717, 1.165) is 0 Å². The molecule has 1 aliphatic heterocycles. The average molecular weight is 573 g/mol. The predicted octanol–water partition coefficient (Wildman–Crippen LogP) is 8.67. The van der Waals surface area contributed by atoms with Gasteiger partial charge in [0.05, 0.1) is 0 Å². The fourth-order valence-corrected chi connectivity index (χ4v) is 2.80. The van der Waals surface area contributed by atoms with Crippen LogP contribution in [0.2, 0.25) is 0 Å². The van der Waals surface area contributed by atoms with Gasteiger partial charge in [0.25, 0.3) is 0 Å². The second-order valence-electron chi connectivity index (χ2n) is 8.83. The molecule has 34 heavy (non-hydrogen) atoms. The molecule has 0 aliphatic carbocycles. The summed E-state index contributed by atoms with van der Waals surface area (Å²) in [4.78, 5) is 7.48. The molecule has 2 aromatic carbocycles. The standard InChI is InChI=1S/2C12H17.C3H2N2.C3H5.ClH.Pd/c2*1-9(2)11-6-5-7-12(8-11)10(3)4;1-2-5-3-4-1;1-3-2;;/h2*5-7,9-10H,1-4H3;1-2H;3H,1-2H2;1H;/q2*-1;;-1;;. The van der Waals surface area contributed by atoms with Crippen molar-refractivity contribution in [3.8, 4) is 0 Å². The minimum atomic E-state index is 0. The van der Waals surface area contributed by atoms with E-state index in [4.69, 9.17) is 0 Å². The fraction of sp³-hybridized carbons (Fsp3) is 0.400. The van der Waals surface area contributed by atoms with Gasteiger partial charge < -0.3 is 0 Å². The SMILES string of the molecule is C=C[CH2-].CC(C)c1[c-]c(C(C)C)ccc1.CC(C)c1[c-]c(C(C)C)ccc1.Cl.[Pd]=[C]1N=CC=N1. The molecule has 1 aliphatic rings. The van der Waals surface area contributed by atoms with Crippen molar-refractivity contribution in [3.05, 3.63) is 90.4 Å². The van der Waals surface area contributed by atoms with Crippen molar-refractivity contribution < 1.29 is 18.7 Å². The van der Waals surface area contributed by atoms with Gasteiger partial charge in [0, 0.05) is 0 Å². The first-order valence-corrected chi connectivity index (χ1v) is 12.3. The van der Waals surface area contributed by atoms with Gasteiger partial charge in [-0.25, -0.2) is 19.6 Å². The van der Waals surface area contributed by atoms with Crippen LogP contribution in [0.3, 0.4) is 0 Å². The maximum absolute atomic E-state index is 3.74. The Hall–Kier alpha value is -1.79. The van der Waals surface area contributed by atoms with Gasteiger partial charge in [0.1, 0.15) is 0 Å². The number of rotatable bonds is 4. The molecular weight excluding hydrogens is 530 g/mol. The molecule has 0 bridgehead atoms. The number of allylic oxidation sites excluding steroid dienone is 1. The topological polar surface area (TPSA) is 24.7 Å². The van der Waals surface area contributed by atoms with Crippen LogP contribution < -0.4 is 0 Å². The Morgan fingerprint density at radius 1 is 0.706 bits per heavy atom. The van der Waals surface area contributed by atoms with Gasteiger partial charge in [-0.1, -0.05) is 55.4 Å². The van der Waals surface area contributed by atoms with Crippen LogP contribution in [0.4, 0.5) is 0 Å². The molecule has 0 atom stereocenters. The van der Waals surface area contributed by atoms with Crippen molar-refractivity contribution in [2.75, 3.05) is 0 Å². The van der Waals surface area contributed by atoms with E-state index in [9.17, 15) is 0 Å². The maximum atomic E-state index is 3.74. The molecule has 0 N–H and O–H groups in total. The predicted molar refractivity (Wildman–Crippen MR) is 152 cm³/mol. The second kappa shape index (κ2) is 19.5. The zero-order valence-corrected chi connectivity index (χ0v) is 24.4. The van der Waals surface area contributed by atoms with E-state index in [1.807, 2.05) is 0 Å². The zero-order chi connectivity index (χ0) is 25.4. The van der Waals surface area contributed by atoms with Crippen LogP contribution in [0.15, 0.2) is 59.0 Å². The van der Waals surface area contributed by atoms with Crippen LogP contribution in [0, 0.1) is 19.1 Å². The number of aliphatic imine (C=N–C) groups is 2. The summed E-state index contributed by atoms with van der Waals surface area (Å²) in [6.45, 7) is 24.1. The first kappa shape index (κ1) is 34.4. The molecule has 0 aromatic heterocycles. The van der Waals surface area contributed by atoms with E-state index in [2.05, 4.69) is 146 Å². The molecule has 1 heterocycles. The summed E-state index contributed by atoms with van der Waals surface area (Å²) in [7, 11) is 0. The Kier molecular flexibility index (Phi) is 19.7. The first-order valence-electron chi connectivity index (χ1n) is 11.5. The molecule has 0 spiro atoms. The quantitative estimate of drug-likeness (QED) is 0.259. The number of hydrogen-bond acceptors (Lipinski definition) is 2. The molecule has 2 aromatic rings. The molecule has 0 fully saturated rings. The van der Waals surface area contributed by atoms with Gasteiger partial charge in [0.15, 0.2) is 0 Å². The summed E-state index contributed by atoms with van der Waals surface area (Å²) in [5, 5.41) is 0. The molecule has 2 nitrogen and oxygen atoms in total. The van der Waals surface area contributed by atoms with Crippen LogP contribution in [0.5, 0.6) is 0 Å². The van der Waals surface area contributed by atoms with E-state index in [0.29, 0.717) is 27.9 Å². The molecule has 0 saturated heterocycles. The second-order valence-corrected chi connectivity index (χ2v) is 9.52. The monoisotopic (exact) mass is 571 g/mol. The van der Waals surface area contributed by atoms with E-state index >= 15 is 0 Å². The Labute approximate surface area is 226 Å². The summed E-state index contributed by atoms with van der Waals surface area (Å²) in [6, 6.07) is 19.7. The van der Waals surface area contributed by atoms with Crippen LogP contribution in [0.25, 0.3) is 0 Å². The van der Waals surface area contributed by atoms with Crippen molar-refractivity contribution in [3.63, 3.8) is 0 Å². The molecule has 4 heteroatoms. The number of hydrogen-bond donors (Lipinski definition) is 0. The first-order chi connectivity index (χ1) is 15.5. The van der Waals surface area contributed by atoms with Crippen LogP contribution in [-0.2, 0) is 18.7 Å². The fourth-order valence-electron chi connectivity index (χ4n) is 2.57. The molecule has 3 rings (SSSR count). The van der Waals surface area contributed by atoms with Gasteiger partial charge in [0.2, 0.25) is 0 Å². The van der Waals surface area contributed by atoms with E-state index in [1.165, 1.54) is 28.3 Å². The third-order valence-electron chi connectivity index (χ3n) is 4.58. The van der Waals surface area contributed by atoms with Crippen LogP contribution >= 0.6 is 12.4 Å². The minimum absolute atomic E-state index is 0. The Balaban J connectivity index is 0. The Morgan fingerprint density at radius 3 is 1.09 bits per heavy atom. The third kappa shape index (κ3) is 15.2. The van der Waals surface area contributed by atoms with Crippen molar-refractivity contribution in [2.45, 2.75) is 79.1 Å². The molecular formula is C30H42ClN2Pd-3. The van der Waals surface area contributed by atoms with Crippen LogP contribution in [0.1, 0.15) is 101 Å². The van der Waals surface area contributed by atoms with Crippen molar-refractivity contribution in [2.24, 2.45) is 9.98 Å². The van der Waals surface area contributed by atoms with Gasteiger partial charge >= 0.3 is 45.4 Å². The van der Waals surface area contributed by atoms with Crippen LogP contribution in [-0.4, -0.2) is 16.7 Å². The van der Waals surface area contributed by atoms with Crippen molar-refractivity contribution in [1.82, 2.24) is 0 Å². The Bertz CT molecular complexity index is 780. The van der Waals surface area contributed by atoms with Crippen molar-refractivity contribution in [1.29, 1.82) is 0 Å². The summed E-state index contributed by atoms with van der Waals surface area (Å²) in [5.41, 5.74) is 5.28. The van der Waals surface area contributed by atoms with E-state index < -0.39 is 0 Å². The molecule has 0 saturated carbocycles.